The third kappa shape index (κ3) is 13.0. The second-order valence-corrected chi connectivity index (χ2v) is 12.1. The maximum atomic E-state index is 6.74. The van der Waals surface area contributed by atoms with Crippen LogP contribution in [0.15, 0.2) is 60.7 Å². The Morgan fingerprint density at radius 2 is 1.07 bits per heavy atom. The van der Waals surface area contributed by atoms with E-state index in [0.717, 1.165) is 26.0 Å². The van der Waals surface area contributed by atoms with Crippen molar-refractivity contribution < 1.29 is 14.2 Å². The van der Waals surface area contributed by atoms with E-state index in [-0.39, 0.29) is 24.4 Å². The van der Waals surface area contributed by atoms with Gasteiger partial charge in [0.15, 0.2) is 0 Å². The smallest absolute Gasteiger partial charge is 0.102 e. The number of ether oxygens (including phenoxy) is 3. The highest BCUT2D eigenvalue weighted by Crippen LogP contribution is 2.33. The van der Waals surface area contributed by atoms with Crippen LogP contribution in [0.5, 0.6) is 0 Å². The van der Waals surface area contributed by atoms with Crippen molar-refractivity contribution in [1.29, 1.82) is 0 Å². The number of rotatable bonds is 23. The molecule has 1 aliphatic rings. The van der Waals surface area contributed by atoms with Crippen molar-refractivity contribution in [3.05, 3.63) is 71.8 Å². The average molecular weight is 566 g/mol. The molecule has 1 saturated carbocycles. The fourth-order valence-corrected chi connectivity index (χ4v) is 6.13. The van der Waals surface area contributed by atoms with E-state index in [1.165, 1.54) is 88.2 Å². The van der Waals surface area contributed by atoms with Gasteiger partial charge in [0.1, 0.15) is 6.10 Å². The molecule has 2 aromatic carbocycles. The first kappa shape index (κ1) is 33.8. The van der Waals surface area contributed by atoms with Crippen molar-refractivity contribution in [2.24, 2.45) is 0 Å². The van der Waals surface area contributed by atoms with Crippen molar-refractivity contribution in [3.63, 3.8) is 0 Å². The van der Waals surface area contributed by atoms with Crippen molar-refractivity contribution in [1.82, 2.24) is 4.90 Å². The lowest BCUT2D eigenvalue weighted by Crippen LogP contribution is -2.48. The summed E-state index contributed by atoms with van der Waals surface area (Å²) in [6.07, 6.45) is 17.9. The molecule has 0 saturated heterocycles. The Balaban J connectivity index is 1.64. The molecule has 3 rings (SSSR count). The fraction of sp³-hybridized carbons (Fsp3) is 0.676. The minimum atomic E-state index is 0.0182. The van der Waals surface area contributed by atoms with Crippen LogP contribution in [0.25, 0.3) is 0 Å². The number of hydrogen-bond acceptors (Lipinski definition) is 4. The number of likely N-dealkylation sites (N-methyl/N-ethyl adjacent to an activating group) is 1. The molecule has 2 aromatic rings. The largest absolute Gasteiger partial charge is 0.374 e. The molecule has 41 heavy (non-hydrogen) atoms. The molecule has 230 valence electrons. The quantitative estimate of drug-likeness (QED) is 0.126. The minimum Gasteiger partial charge on any atom is -0.374 e. The van der Waals surface area contributed by atoms with Crippen LogP contribution in [0.4, 0.5) is 0 Å². The van der Waals surface area contributed by atoms with Gasteiger partial charge in [-0.2, -0.15) is 0 Å². The minimum absolute atomic E-state index is 0.0182. The molecule has 1 fully saturated rings. The maximum Gasteiger partial charge on any atom is 0.102 e. The summed E-state index contributed by atoms with van der Waals surface area (Å²) < 4.78 is 20.0. The Bertz CT molecular complexity index is 876. The predicted molar refractivity (Wildman–Crippen MR) is 172 cm³/mol. The van der Waals surface area contributed by atoms with E-state index in [9.17, 15) is 0 Å². The monoisotopic (exact) mass is 565 g/mol. The van der Waals surface area contributed by atoms with E-state index in [1.54, 1.807) is 0 Å². The Kier molecular flexibility index (Phi) is 17.3. The summed E-state index contributed by atoms with van der Waals surface area (Å²) in [7, 11) is 2.28. The first-order valence-corrected chi connectivity index (χ1v) is 16.9. The molecule has 0 aromatic heterocycles. The van der Waals surface area contributed by atoms with Crippen molar-refractivity contribution >= 4 is 0 Å². The lowest BCUT2D eigenvalue weighted by Gasteiger charge is -2.34. The number of benzene rings is 2. The zero-order valence-corrected chi connectivity index (χ0v) is 26.5. The molecule has 4 nitrogen and oxygen atoms in total. The molecule has 0 bridgehead atoms. The molecule has 4 heteroatoms. The molecule has 0 radical (unpaired) electrons. The molecule has 0 aliphatic heterocycles. The van der Waals surface area contributed by atoms with Crippen LogP contribution in [-0.2, 0) is 27.4 Å². The zero-order chi connectivity index (χ0) is 29.0. The van der Waals surface area contributed by atoms with Crippen LogP contribution < -0.4 is 0 Å². The zero-order valence-electron chi connectivity index (χ0n) is 26.5. The Labute approximate surface area is 252 Å². The number of nitrogens with zero attached hydrogens (tertiary/aromatic N) is 1. The van der Waals surface area contributed by atoms with E-state index in [1.807, 2.05) is 0 Å². The van der Waals surface area contributed by atoms with E-state index in [4.69, 9.17) is 14.2 Å². The summed E-state index contributed by atoms with van der Waals surface area (Å²) in [5.74, 6) is 0. The van der Waals surface area contributed by atoms with E-state index in [2.05, 4.69) is 86.5 Å². The molecular weight excluding hydrogens is 506 g/mol. The third-order valence-electron chi connectivity index (χ3n) is 8.59. The van der Waals surface area contributed by atoms with Crippen LogP contribution in [-0.4, -0.2) is 49.5 Å². The van der Waals surface area contributed by atoms with Gasteiger partial charge in [-0.1, -0.05) is 145 Å². The fourth-order valence-electron chi connectivity index (χ4n) is 6.13. The van der Waals surface area contributed by atoms with Gasteiger partial charge in [0.05, 0.1) is 31.5 Å². The number of hydrogen-bond donors (Lipinski definition) is 0. The van der Waals surface area contributed by atoms with Crippen molar-refractivity contribution in [3.8, 4) is 0 Å². The molecule has 0 unspecified atom stereocenters. The highest BCUT2D eigenvalue weighted by atomic mass is 16.6. The topological polar surface area (TPSA) is 30.9 Å². The lowest BCUT2D eigenvalue weighted by molar-refractivity contribution is -0.0898. The van der Waals surface area contributed by atoms with Crippen molar-refractivity contribution in [2.45, 2.75) is 141 Å². The summed E-state index contributed by atoms with van der Waals surface area (Å²) >= 11 is 0. The number of unbranched alkanes of at least 4 members (excludes halogenated alkanes) is 11. The highest BCUT2D eigenvalue weighted by molar-refractivity contribution is 5.15. The third-order valence-corrected chi connectivity index (χ3v) is 8.59. The first-order chi connectivity index (χ1) is 20.2. The molecule has 0 N–H and O–H groups in total. The standard InChI is InChI=1S/C37H59NO3/c1-4-6-8-10-11-12-13-21-27-38(3)36-34(40-30-32-23-17-15-18-24-32)29-35(41-31-33-25-19-16-20-26-33)37(36)39-28-22-14-9-7-5-2/h15-20,23-26,34-37H,4-14,21-22,27-31H2,1-3H3/t34-,35+,36+,37+/m1/s1. The summed E-state index contributed by atoms with van der Waals surface area (Å²) in [4.78, 5) is 2.53. The summed E-state index contributed by atoms with van der Waals surface area (Å²) in [5, 5.41) is 0. The lowest BCUT2D eigenvalue weighted by atomic mass is 10.1. The second-order valence-electron chi connectivity index (χ2n) is 12.1. The molecule has 0 spiro atoms. The van der Waals surface area contributed by atoms with Gasteiger partial charge in [0.2, 0.25) is 0 Å². The van der Waals surface area contributed by atoms with Gasteiger partial charge in [0.25, 0.3) is 0 Å². The van der Waals surface area contributed by atoms with Gasteiger partial charge >= 0.3 is 0 Å². The normalized spacial score (nSPS) is 20.7. The Hall–Kier alpha value is -1.72. The van der Waals surface area contributed by atoms with Gasteiger partial charge in [0, 0.05) is 13.0 Å². The van der Waals surface area contributed by atoms with Gasteiger partial charge in [-0.25, -0.2) is 0 Å². The molecular formula is C37H59NO3. The molecule has 4 atom stereocenters. The van der Waals surface area contributed by atoms with E-state index < -0.39 is 0 Å². The predicted octanol–water partition coefficient (Wildman–Crippen LogP) is 9.36. The SMILES string of the molecule is CCCCCCCCCCN(C)[C@@H]1[C@@H](OCCCCCCC)[C@@H](OCc2ccccc2)C[C@H]1OCc1ccccc1. The molecule has 0 heterocycles. The average Bonchev–Trinajstić information content (AvgIpc) is 3.36. The summed E-state index contributed by atoms with van der Waals surface area (Å²) in [6, 6.07) is 21.3. The Morgan fingerprint density at radius 1 is 0.585 bits per heavy atom. The Morgan fingerprint density at radius 3 is 1.63 bits per heavy atom. The van der Waals surface area contributed by atoms with Gasteiger partial charge in [-0.3, -0.25) is 4.90 Å². The van der Waals surface area contributed by atoms with Crippen LogP contribution in [0.3, 0.4) is 0 Å². The van der Waals surface area contributed by atoms with Crippen LogP contribution >= 0.6 is 0 Å². The van der Waals surface area contributed by atoms with Crippen LogP contribution in [0, 0.1) is 0 Å². The summed E-state index contributed by atoms with van der Waals surface area (Å²) in [6.45, 7) is 7.67. The second kappa shape index (κ2) is 21.0. The molecule has 0 amide bonds. The molecule has 1 aliphatic carbocycles. The van der Waals surface area contributed by atoms with Gasteiger partial charge in [-0.15, -0.1) is 0 Å². The van der Waals surface area contributed by atoms with Crippen LogP contribution in [0.2, 0.25) is 0 Å². The van der Waals surface area contributed by atoms with Gasteiger partial charge in [-0.05, 0) is 37.6 Å². The first-order valence-electron chi connectivity index (χ1n) is 16.9. The van der Waals surface area contributed by atoms with E-state index in [0.29, 0.717) is 13.2 Å². The summed E-state index contributed by atoms with van der Waals surface area (Å²) in [5.41, 5.74) is 2.43. The van der Waals surface area contributed by atoms with E-state index >= 15 is 0 Å². The highest BCUT2D eigenvalue weighted by Gasteiger charge is 2.47. The van der Waals surface area contributed by atoms with Crippen molar-refractivity contribution in [2.75, 3.05) is 20.2 Å². The maximum absolute atomic E-state index is 6.74. The van der Waals surface area contributed by atoms with Crippen LogP contribution in [0.1, 0.15) is 115 Å². The van der Waals surface area contributed by atoms with Gasteiger partial charge < -0.3 is 14.2 Å².